The quantitative estimate of drug-likeness (QED) is 0.739. The van der Waals surface area contributed by atoms with E-state index in [4.69, 9.17) is 5.11 Å². The first-order valence-electron chi connectivity index (χ1n) is 4.86. The molecule has 1 aromatic rings. The van der Waals surface area contributed by atoms with Crippen molar-refractivity contribution in [1.82, 2.24) is 10.3 Å². The van der Waals surface area contributed by atoms with E-state index in [1.807, 2.05) is 0 Å². The molecule has 0 spiro atoms. The number of hydrogen-bond donors (Lipinski definition) is 2. The summed E-state index contributed by atoms with van der Waals surface area (Å²) in [6.45, 7) is 2.96. The minimum atomic E-state index is -1.42. The van der Waals surface area contributed by atoms with E-state index >= 15 is 0 Å². The number of pyridine rings is 1. The van der Waals surface area contributed by atoms with E-state index in [0.717, 1.165) is 0 Å². The van der Waals surface area contributed by atoms with Gasteiger partial charge in [-0.25, -0.2) is 0 Å². The van der Waals surface area contributed by atoms with Crippen molar-refractivity contribution in [3.8, 4) is 0 Å². The van der Waals surface area contributed by atoms with Crippen LogP contribution in [0.25, 0.3) is 0 Å². The monoisotopic (exact) mass is 222 g/mol. The van der Waals surface area contributed by atoms with E-state index < -0.39 is 17.3 Å². The number of nitrogens with one attached hydrogen (secondary N) is 1. The molecule has 0 aliphatic heterocycles. The maximum atomic E-state index is 11.6. The maximum Gasteiger partial charge on any atom is 0.318 e. The van der Waals surface area contributed by atoms with Crippen molar-refractivity contribution >= 4 is 11.9 Å². The van der Waals surface area contributed by atoms with Crippen LogP contribution >= 0.6 is 0 Å². The molecular weight excluding hydrogens is 208 g/mol. The number of carbonyl (C=O) groups is 2. The Balaban J connectivity index is 2.57. The molecular formula is C11H14N2O3. The van der Waals surface area contributed by atoms with Crippen molar-refractivity contribution in [1.29, 1.82) is 0 Å². The molecule has 0 atom stereocenters. The predicted molar refractivity (Wildman–Crippen MR) is 57.5 cm³/mol. The predicted octanol–water partition coefficient (Wildman–Crippen LogP) is 0.809. The van der Waals surface area contributed by atoms with Crippen molar-refractivity contribution in [2.24, 2.45) is 5.41 Å². The van der Waals surface area contributed by atoms with Gasteiger partial charge in [0, 0.05) is 6.20 Å². The van der Waals surface area contributed by atoms with E-state index in [0.29, 0.717) is 5.69 Å². The van der Waals surface area contributed by atoms with Crippen LogP contribution in [-0.2, 0) is 16.1 Å². The first-order valence-corrected chi connectivity index (χ1v) is 4.86. The van der Waals surface area contributed by atoms with Crippen LogP contribution in [0.3, 0.4) is 0 Å². The summed E-state index contributed by atoms with van der Waals surface area (Å²) in [5.41, 5.74) is -0.730. The van der Waals surface area contributed by atoms with Gasteiger partial charge in [0.05, 0.1) is 12.2 Å². The van der Waals surface area contributed by atoms with Crippen molar-refractivity contribution in [2.45, 2.75) is 20.4 Å². The van der Waals surface area contributed by atoms with Gasteiger partial charge < -0.3 is 10.4 Å². The number of nitrogens with zero attached hydrogens (tertiary/aromatic N) is 1. The molecule has 0 saturated carbocycles. The molecule has 1 amide bonds. The highest BCUT2D eigenvalue weighted by molar-refractivity contribution is 6.00. The molecule has 5 heteroatoms. The zero-order chi connectivity index (χ0) is 12.2. The zero-order valence-corrected chi connectivity index (χ0v) is 9.23. The number of rotatable bonds is 4. The number of aromatic nitrogens is 1. The van der Waals surface area contributed by atoms with Gasteiger partial charge in [-0.1, -0.05) is 6.07 Å². The Hall–Kier alpha value is -1.91. The van der Waals surface area contributed by atoms with Gasteiger partial charge in [-0.2, -0.15) is 0 Å². The minimum Gasteiger partial charge on any atom is -0.480 e. The Morgan fingerprint density at radius 1 is 1.44 bits per heavy atom. The number of carbonyl (C=O) groups excluding carboxylic acids is 1. The molecule has 0 radical (unpaired) electrons. The molecule has 1 aromatic heterocycles. The Labute approximate surface area is 93.5 Å². The molecule has 0 saturated heterocycles. The third-order valence-electron chi connectivity index (χ3n) is 2.26. The fourth-order valence-corrected chi connectivity index (χ4v) is 0.992. The summed E-state index contributed by atoms with van der Waals surface area (Å²) >= 11 is 0. The number of amides is 1. The van der Waals surface area contributed by atoms with E-state index in [9.17, 15) is 9.59 Å². The van der Waals surface area contributed by atoms with E-state index in [1.54, 1.807) is 24.4 Å². The summed E-state index contributed by atoms with van der Waals surface area (Å²) < 4.78 is 0. The Morgan fingerprint density at radius 3 is 2.62 bits per heavy atom. The lowest BCUT2D eigenvalue weighted by atomic mass is 9.93. The van der Waals surface area contributed by atoms with Gasteiger partial charge in [0.2, 0.25) is 5.91 Å². The maximum absolute atomic E-state index is 11.6. The van der Waals surface area contributed by atoms with Crippen LogP contribution in [0.1, 0.15) is 19.5 Å². The number of carboxylic acids is 1. The summed E-state index contributed by atoms with van der Waals surface area (Å²) in [5, 5.41) is 11.4. The summed E-state index contributed by atoms with van der Waals surface area (Å²) in [4.78, 5) is 26.4. The van der Waals surface area contributed by atoms with Crippen LogP contribution in [0.2, 0.25) is 0 Å². The number of aliphatic carboxylic acids is 1. The number of carboxylic acid groups (broad SMARTS) is 1. The number of hydrogen-bond acceptors (Lipinski definition) is 3. The highest BCUT2D eigenvalue weighted by atomic mass is 16.4. The Kier molecular flexibility index (Phi) is 3.60. The molecule has 0 fully saturated rings. The molecule has 0 unspecified atom stereocenters. The molecule has 0 aliphatic rings. The molecule has 86 valence electrons. The molecule has 0 aromatic carbocycles. The van der Waals surface area contributed by atoms with E-state index in [1.165, 1.54) is 13.8 Å². The lowest BCUT2D eigenvalue weighted by molar-refractivity contribution is -0.153. The van der Waals surface area contributed by atoms with Gasteiger partial charge in [0.1, 0.15) is 5.41 Å². The first kappa shape index (κ1) is 12.2. The first-order chi connectivity index (χ1) is 7.44. The van der Waals surface area contributed by atoms with Crippen LogP contribution in [0, 0.1) is 5.41 Å². The van der Waals surface area contributed by atoms with Gasteiger partial charge >= 0.3 is 5.97 Å². The Morgan fingerprint density at radius 2 is 2.12 bits per heavy atom. The lowest BCUT2D eigenvalue weighted by Gasteiger charge is -2.17. The summed E-state index contributed by atoms with van der Waals surface area (Å²) in [6.07, 6.45) is 1.61. The van der Waals surface area contributed by atoms with Crippen LogP contribution < -0.4 is 5.32 Å². The highest BCUT2D eigenvalue weighted by Gasteiger charge is 2.35. The molecule has 5 nitrogen and oxygen atoms in total. The van der Waals surface area contributed by atoms with Gasteiger partial charge in [-0.05, 0) is 26.0 Å². The second-order valence-electron chi connectivity index (χ2n) is 3.93. The summed E-state index contributed by atoms with van der Waals surface area (Å²) in [7, 11) is 0. The van der Waals surface area contributed by atoms with Gasteiger partial charge in [0.15, 0.2) is 0 Å². The summed E-state index contributed by atoms with van der Waals surface area (Å²) in [6, 6.07) is 5.33. The molecule has 0 bridgehead atoms. The molecule has 1 rings (SSSR count). The average Bonchev–Trinajstić information content (AvgIpc) is 2.27. The highest BCUT2D eigenvalue weighted by Crippen LogP contribution is 2.15. The minimum absolute atomic E-state index is 0.233. The normalized spacial score (nSPS) is 10.9. The van der Waals surface area contributed by atoms with E-state index in [2.05, 4.69) is 10.3 Å². The second kappa shape index (κ2) is 4.74. The van der Waals surface area contributed by atoms with Gasteiger partial charge in [-0.3, -0.25) is 14.6 Å². The largest absolute Gasteiger partial charge is 0.480 e. The Bertz CT molecular complexity index is 387. The standard InChI is InChI=1S/C11H14N2O3/c1-11(2,10(15)16)9(14)13-7-8-5-3-4-6-12-8/h3-6H,7H2,1-2H3,(H,13,14)(H,15,16). The third kappa shape index (κ3) is 2.79. The van der Waals surface area contributed by atoms with Crippen molar-refractivity contribution in [2.75, 3.05) is 0 Å². The smallest absolute Gasteiger partial charge is 0.318 e. The van der Waals surface area contributed by atoms with Crippen LogP contribution in [0.5, 0.6) is 0 Å². The van der Waals surface area contributed by atoms with Crippen LogP contribution in [-0.4, -0.2) is 22.0 Å². The fraction of sp³-hybridized carbons (Fsp3) is 0.364. The van der Waals surface area contributed by atoms with Crippen molar-refractivity contribution < 1.29 is 14.7 Å². The lowest BCUT2D eigenvalue weighted by Crippen LogP contribution is -2.42. The fourth-order valence-electron chi connectivity index (χ4n) is 0.992. The second-order valence-corrected chi connectivity index (χ2v) is 3.93. The average molecular weight is 222 g/mol. The molecule has 0 aliphatic carbocycles. The van der Waals surface area contributed by atoms with Gasteiger partial charge in [-0.15, -0.1) is 0 Å². The molecule has 16 heavy (non-hydrogen) atoms. The van der Waals surface area contributed by atoms with Crippen molar-refractivity contribution in [3.05, 3.63) is 30.1 Å². The third-order valence-corrected chi connectivity index (χ3v) is 2.26. The van der Waals surface area contributed by atoms with Crippen LogP contribution in [0.4, 0.5) is 0 Å². The zero-order valence-electron chi connectivity index (χ0n) is 9.23. The topological polar surface area (TPSA) is 79.3 Å². The summed E-state index contributed by atoms with van der Waals surface area (Å²) in [5.74, 6) is -1.67. The molecule has 1 heterocycles. The molecule has 2 N–H and O–H groups in total. The SMILES string of the molecule is CC(C)(C(=O)O)C(=O)NCc1ccccn1. The van der Waals surface area contributed by atoms with Crippen LogP contribution in [0.15, 0.2) is 24.4 Å². The van der Waals surface area contributed by atoms with Gasteiger partial charge in [0.25, 0.3) is 0 Å². The van der Waals surface area contributed by atoms with E-state index in [-0.39, 0.29) is 6.54 Å². The van der Waals surface area contributed by atoms with Crippen molar-refractivity contribution in [3.63, 3.8) is 0 Å².